The molecule has 0 bridgehead atoms. The summed E-state index contributed by atoms with van der Waals surface area (Å²) in [4.78, 5) is 19.1. The summed E-state index contributed by atoms with van der Waals surface area (Å²) in [7, 11) is 0. The molecular weight excluding hydrogens is 600 g/mol. The molecule has 0 unspecified atom stereocenters. The monoisotopic (exact) mass is 626 g/mol. The fourth-order valence-electron chi connectivity index (χ4n) is 4.40. The second-order valence-corrected chi connectivity index (χ2v) is 11.1. The van der Waals surface area contributed by atoms with Gasteiger partial charge in [0.2, 0.25) is 5.90 Å². The highest BCUT2D eigenvalue weighted by atomic mass is 79.9. The van der Waals surface area contributed by atoms with Gasteiger partial charge >= 0.3 is 0 Å². The zero-order valence-corrected chi connectivity index (χ0v) is 23.4. The number of hydrogen-bond acceptors (Lipinski definition) is 5. The Balaban J connectivity index is 1.56. The topological polar surface area (TPSA) is 80.2 Å². The third kappa shape index (κ3) is 5.92. The number of nitrogens with one attached hydrogen (secondary N) is 1. The maximum atomic E-state index is 14.0. The molecule has 37 heavy (non-hydrogen) atoms. The van der Waals surface area contributed by atoms with Gasteiger partial charge in [-0.2, -0.15) is 0 Å². The molecule has 5 rings (SSSR count). The molecule has 3 aromatic rings. The molecule has 2 aliphatic rings. The number of rotatable bonds is 10. The van der Waals surface area contributed by atoms with E-state index >= 15 is 0 Å². The van der Waals surface area contributed by atoms with E-state index in [0.29, 0.717) is 31.1 Å². The van der Waals surface area contributed by atoms with Gasteiger partial charge in [-0.1, -0.05) is 62.2 Å². The van der Waals surface area contributed by atoms with E-state index in [1.54, 1.807) is 0 Å². The second kappa shape index (κ2) is 11.4. The van der Waals surface area contributed by atoms with Crippen LogP contribution in [0.25, 0.3) is 0 Å². The van der Waals surface area contributed by atoms with Crippen LogP contribution in [0.5, 0.6) is 5.75 Å². The molecule has 0 aromatic heterocycles. The minimum Gasteiger partial charge on any atom is -0.494 e. The van der Waals surface area contributed by atoms with Crippen molar-refractivity contribution in [3.05, 3.63) is 98.4 Å². The molecule has 1 amide bonds. The molecule has 1 heterocycles. The molecule has 0 radical (unpaired) electrons. The predicted octanol–water partition coefficient (Wildman–Crippen LogP) is 5.75. The Morgan fingerprint density at radius 3 is 2.46 bits per heavy atom. The number of nitrogens with zero attached hydrogens (tertiary/aromatic N) is 1. The Morgan fingerprint density at radius 1 is 1.05 bits per heavy atom. The molecule has 2 N–H and O–H groups in total. The number of hydrogen-bond donors (Lipinski definition) is 2. The first-order valence-electron chi connectivity index (χ1n) is 12.4. The van der Waals surface area contributed by atoms with E-state index in [0.717, 1.165) is 38.5 Å². The van der Waals surface area contributed by atoms with Gasteiger partial charge in [-0.3, -0.25) is 4.79 Å². The summed E-state index contributed by atoms with van der Waals surface area (Å²) in [6.07, 6.45) is 2.29. The fourth-order valence-corrected chi connectivity index (χ4v) is 5.16. The molecule has 8 heteroatoms. The van der Waals surface area contributed by atoms with Gasteiger partial charge < -0.3 is 19.9 Å². The molecule has 0 saturated heterocycles. The van der Waals surface area contributed by atoms with Crippen molar-refractivity contribution in [2.75, 3.05) is 13.2 Å². The number of ether oxygens (including phenoxy) is 2. The van der Waals surface area contributed by atoms with E-state index < -0.39 is 11.6 Å². The van der Waals surface area contributed by atoms with Crippen molar-refractivity contribution in [1.29, 1.82) is 0 Å². The quantitative estimate of drug-likeness (QED) is 0.281. The fraction of sp³-hybridized carbons (Fsp3) is 0.310. The lowest BCUT2D eigenvalue weighted by atomic mass is 9.82. The lowest BCUT2D eigenvalue weighted by Crippen LogP contribution is -2.50. The van der Waals surface area contributed by atoms with Gasteiger partial charge in [-0.05, 0) is 60.9 Å². The lowest BCUT2D eigenvalue weighted by molar-refractivity contribution is -0.129. The van der Waals surface area contributed by atoms with Crippen LogP contribution < -0.4 is 10.1 Å². The number of carbonyl (C=O) groups excluding carboxylic acids is 1. The summed E-state index contributed by atoms with van der Waals surface area (Å²) in [5, 5.41) is 12.2. The Hall–Kier alpha value is -2.68. The maximum absolute atomic E-state index is 14.0. The third-order valence-corrected chi connectivity index (χ3v) is 7.77. The summed E-state index contributed by atoms with van der Waals surface area (Å²) < 4.78 is 14.1. The molecule has 2 atom stereocenters. The standard InChI is InChI=1S/C29H28Br2N2O4/c30-21-10-6-19(7-11-21)18-29(28(35)32-22-12-13-22)26(24-4-1-2-5-25(24)31)37-27(33-29)20-8-14-23(15-9-20)36-17-3-16-34/h1-2,4-11,14-15,22,26,34H,3,12-13,16-18H2,(H,32,35)/t26-,29-/m1/s1. The number of aliphatic hydroxyl groups is 1. The Kier molecular flexibility index (Phi) is 7.98. The first-order valence-corrected chi connectivity index (χ1v) is 14.0. The zero-order chi connectivity index (χ0) is 25.8. The van der Waals surface area contributed by atoms with E-state index in [9.17, 15) is 4.79 Å². The minimum atomic E-state index is -1.19. The van der Waals surface area contributed by atoms with Crippen LogP contribution >= 0.6 is 31.9 Å². The summed E-state index contributed by atoms with van der Waals surface area (Å²) in [5.74, 6) is 0.995. The van der Waals surface area contributed by atoms with Gasteiger partial charge in [-0.15, -0.1) is 0 Å². The molecule has 3 aromatic carbocycles. The number of halogens is 2. The van der Waals surface area contributed by atoms with Gasteiger partial charge in [0, 0.05) is 45.6 Å². The minimum absolute atomic E-state index is 0.0858. The largest absolute Gasteiger partial charge is 0.494 e. The lowest BCUT2D eigenvalue weighted by Gasteiger charge is -2.31. The molecule has 1 aliphatic carbocycles. The second-order valence-electron chi connectivity index (χ2n) is 9.36. The Morgan fingerprint density at radius 2 is 1.78 bits per heavy atom. The smallest absolute Gasteiger partial charge is 0.252 e. The summed E-state index contributed by atoms with van der Waals surface area (Å²) in [5.41, 5.74) is 1.44. The Labute approximate surface area is 233 Å². The van der Waals surface area contributed by atoms with Gasteiger partial charge in [-0.25, -0.2) is 4.99 Å². The van der Waals surface area contributed by atoms with Crippen LogP contribution in [-0.2, 0) is 16.0 Å². The van der Waals surface area contributed by atoms with Gasteiger partial charge in [0.25, 0.3) is 5.91 Å². The van der Waals surface area contributed by atoms with Crippen molar-refractivity contribution < 1.29 is 19.4 Å². The van der Waals surface area contributed by atoms with Crippen LogP contribution in [0.3, 0.4) is 0 Å². The number of aliphatic imine (C=N–C) groups is 1. The first kappa shape index (κ1) is 25.9. The van der Waals surface area contributed by atoms with Gasteiger partial charge in [0.15, 0.2) is 11.6 Å². The average Bonchev–Trinajstić information content (AvgIpc) is 3.64. The highest BCUT2D eigenvalue weighted by Gasteiger charge is 2.54. The van der Waals surface area contributed by atoms with Crippen LogP contribution in [0.1, 0.15) is 42.1 Å². The van der Waals surface area contributed by atoms with Gasteiger partial charge in [0.1, 0.15) is 5.75 Å². The van der Waals surface area contributed by atoms with Crippen LogP contribution in [-0.4, -0.2) is 41.7 Å². The number of carbonyl (C=O) groups is 1. The van der Waals surface area contributed by atoms with Crippen molar-refractivity contribution in [2.45, 2.75) is 43.4 Å². The number of amides is 1. The summed E-state index contributed by atoms with van der Waals surface area (Å²) in [6, 6.07) is 23.5. The molecular formula is C29H28Br2N2O4. The normalized spacial score (nSPS) is 20.7. The van der Waals surface area contributed by atoms with E-state index in [4.69, 9.17) is 19.6 Å². The maximum Gasteiger partial charge on any atom is 0.252 e. The van der Waals surface area contributed by atoms with Crippen LogP contribution in [0, 0.1) is 0 Å². The van der Waals surface area contributed by atoms with Crippen LogP contribution in [0.4, 0.5) is 0 Å². The summed E-state index contributed by atoms with van der Waals surface area (Å²) in [6.45, 7) is 0.525. The average molecular weight is 628 g/mol. The third-order valence-electron chi connectivity index (χ3n) is 6.52. The molecule has 0 spiro atoms. The highest BCUT2D eigenvalue weighted by Crippen LogP contribution is 2.45. The highest BCUT2D eigenvalue weighted by molar-refractivity contribution is 9.10. The number of aliphatic hydroxyl groups excluding tert-OH is 1. The number of benzene rings is 3. The summed E-state index contributed by atoms with van der Waals surface area (Å²) >= 11 is 7.18. The van der Waals surface area contributed by atoms with Crippen molar-refractivity contribution in [2.24, 2.45) is 4.99 Å². The Bertz CT molecular complexity index is 1280. The van der Waals surface area contributed by atoms with Crippen molar-refractivity contribution >= 4 is 43.7 Å². The van der Waals surface area contributed by atoms with Crippen LogP contribution in [0.2, 0.25) is 0 Å². The van der Waals surface area contributed by atoms with E-state index in [1.807, 2.05) is 72.8 Å². The van der Waals surface area contributed by atoms with Crippen molar-refractivity contribution in [1.82, 2.24) is 5.32 Å². The van der Waals surface area contributed by atoms with E-state index in [-0.39, 0.29) is 18.6 Å². The molecule has 6 nitrogen and oxygen atoms in total. The molecule has 1 saturated carbocycles. The molecule has 1 aliphatic heterocycles. The molecule has 1 fully saturated rings. The predicted molar refractivity (Wildman–Crippen MR) is 150 cm³/mol. The SMILES string of the molecule is O=C(NC1CC1)[C@]1(Cc2ccc(Br)cc2)N=C(c2ccc(OCCCO)cc2)O[C@@H]1c1ccccc1Br. The van der Waals surface area contributed by atoms with Crippen molar-refractivity contribution in [3.63, 3.8) is 0 Å². The van der Waals surface area contributed by atoms with Crippen LogP contribution in [0.15, 0.2) is 86.7 Å². The zero-order valence-electron chi connectivity index (χ0n) is 20.2. The van der Waals surface area contributed by atoms with E-state index in [2.05, 4.69) is 37.2 Å². The van der Waals surface area contributed by atoms with Gasteiger partial charge in [0.05, 0.1) is 6.61 Å². The molecule has 192 valence electrons. The van der Waals surface area contributed by atoms with Crippen molar-refractivity contribution in [3.8, 4) is 5.75 Å². The first-order chi connectivity index (χ1) is 18.0. The van der Waals surface area contributed by atoms with E-state index in [1.165, 1.54) is 0 Å².